The summed E-state index contributed by atoms with van der Waals surface area (Å²) in [5, 5.41) is 10.9. The SMILES string of the molecule is c1ccc(Cc2n[nH]c3c2CCNC3)cc1. The van der Waals surface area contributed by atoms with Crippen LogP contribution in [0.25, 0.3) is 0 Å². The maximum Gasteiger partial charge on any atom is 0.0701 e. The van der Waals surface area contributed by atoms with Crippen molar-refractivity contribution in [2.24, 2.45) is 0 Å². The highest BCUT2D eigenvalue weighted by molar-refractivity contribution is 5.32. The van der Waals surface area contributed by atoms with Gasteiger partial charge >= 0.3 is 0 Å². The van der Waals surface area contributed by atoms with Crippen molar-refractivity contribution < 1.29 is 0 Å². The van der Waals surface area contributed by atoms with E-state index in [0.29, 0.717) is 0 Å². The Kier molecular flexibility index (Phi) is 2.46. The fourth-order valence-electron chi connectivity index (χ4n) is 2.25. The molecule has 0 bridgehead atoms. The summed E-state index contributed by atoms with van der Waals surface area (Å²) in [7, 11) is 0. The van der Waals surface area contributed by atoms with Gasteiger partial charge in [0.2, 0.25) is 0 Å². The lowest BCUT2D eigenvalue weighted by molar-refractivity contribution is 0.631. The molecular weight excluding hydrogens is 198 g/mol. The molecule has 1 aliphatic heterocycles. The number of benzene rings is 1. The third kappa shape index (κ3) is 1.74. The largest absolute Gasteiger partial charge is 0.311 e. The summed E-state index contributed by atoms with van der Waals surface area (Å²) >= 11 is 0. The van der Waals surface area contributed by atoms with E-state index in [9.17, 15) is 0 Å². The van der Waals surface area contributed by atoms with Crippen LogP contribution < -0.4 is 5.32 Å². The second kappa shape index (κ2) is 4.10. The van der Waals surface area contributed by atoms with Gasteiger partial charge in [0, 0.05) is 13.0 Å². The molecular formula is C13H15N3. The van der Waals surface area contributed by atoms with Gasteiger partial charge in [0.1, 0.15) is 0 Å². The summed E-state index contributed by atoms with van der Waals surface area (Å²) in [5.74, 6) is 0. The number of aromatic nitrogens is 2. The zero-order chi connectivity index (χ0) is 10.8. The van der Waals surface area contributed by atoms with Crippen LogP contribution in [0.1, 0.15) is 22.5 Å². The Morgan fingerprint density at radius 2 is 2.06 bits per heavy atom. The van der Waals surface area contributed by atoms with Crippen LogP contribution in [0.5, 0.6) is 0 Å². The van der Waals surface area contributed by atoms with Gasteiger partial charge in [0.25, 0.3) is 0 Å². The smallest absolute Gasteiger partial charge is 0.0701 e. The molecule has 0 aliphatic carbocycles. The van der Waals surface area contributed by atoms with E-state index in [4.69, 9.17) is 0 Å². The van der Waals surface area contributed by atoms with E-state index in [1.807, 2.05) is 6.07 Å². The third-order valence-electron chi connectivity index (χ3n) is 3.11. The number of hydrogen-bond acceptors (Lipinski definition) is 2. The third-order valence-corrected chi connectivity index (χ3v) is 3.11. The zero-order valence-electron chi connectivity index (χ0n) is 9.16. The van der Waals surface area contributed by atoms with E-state index in [1.165, 1.54) is 22.5 Å². The van der Waals surface area contributed by atoms with Gasteiger partial charge in [-0.25, -0.2) is 0 Å². The van der Waals surface area contributed by atoms with E-state index in [2.05, 4.69) is 39.8 Å². The minimum atomic E-state index is 0.928. The van der Waals surface area contributed by atoms with Crippen molar-refractivity contribution in [2.75, 3.05) is 6.54 Å². The highest BCUT2D eigenvalue weighted by atomic mass is 15.1. The van der Waals surface area contributed by atoms with Crippen LogP contribution in [0.4, 0.5) is 0 Å². The van der Waals surface area contributed by atoms with Crippen LogP contribution in [-0.2, 0) is 19.4 Å². The molecule has 1 aromatic heterocycles. The molecule has 1 aliphatic rings. The number of rotatable bonds is 2. The number of aromatic amines is 1. The molecule has 0 radical (unpaired) electrons. The first-order chi connectivity index (χ1) is 7.93. The normalized spacial score (nSPS) is 14.8. The minimum absolute atomic E-state index is 0.928. The fraction of sp³-hybridized carbons (Fsp3) is 0.308. The highest BCUT2D eigenvalue weighted by Crippen LogP contribution is 2.18. The first-order valence-corrected chi connectivity index (χ1v) is 5.73. The van der Waals surface area contributed by atoms with Crippen LogP contribution in [-0.4, -0.2) is 16.7 Å². The van der Waals surface area contributed by atoms with Gasteiger partial charge in [-0.2, -0.15) is 5.10 Å². The molecule has 0 saturated heterocycles. The van der Waals surface area contributed by atoms with Gasteiger partial charge in [0.05, 0.1) is 11.4 Å². The molecule has 0 atom stereocenters. The van der Waals surface area contributed by atoms with Gasteiger partial charge in [-0.05, 0) is 24.1 Å². The number of nitrogens with zero attached hydrogens (tertiary/aromatic N) is 1. The van der Waals surface area contributed by atoms with E-state index >= 15 is 0 Å². The van der Waals surface area contributed by atoms with Gasteiger partial charge < -0.3 is 5.32 Å². The molecule has 0 fully saturated rings. The van der Waals surface area contributed by atoms with E-state index < -0.39 is 0 Å². The second-order valence-electron chi connectivity index (χ2n) is 4.22. The second-order valence-corrected chi connectivity index (χ2v) is 4.22. The Labute approximate surface area is 94.9 Å². The Morgan fingerprint density at radius 3 is 2.94 bits per heavy atom. The van der Waals surface area contributed by atoms with E-state index in [1.54, 1.807) is 0 Å². The van der Waals surface area contributed by atoms with Crippen molar-refractivity contribution in [2.45, 2.75) is 19.4 Å². The maximum atomic E-state index is 4.43. The number of H-pyrrole nitrogens is 1. The van der Waals surface area contributed by atoms with Crippen LogP contribution in [0.15, 0.2) is 30.3 Å². The lowest BCUT2D eigenvalue weighted by Gasteiger charge is -2.12. The molecule has 16 heavy (non-hydrogen) atoms. The molecule has 2 N–H and O–H groups in total. The van der Waals surface area contributed by atoms with Crippen molar-refractivity contribution in [1.82, 2.24) is 15.5 Å². The van der Waals surface area contributed by atoms with Crippen molar-refractivity contribution >= 4 is 0 Å². The molecule has 2 aromatic rings. The molecule has 3 rings (SSSR count). The Balaban J connectivity index is 1.88. The summed E-state index contributed by atoms with van der Waals surface area (Å²) < 4.78 is 0. The van der Waals surface area contributed by atoms with E-state index in [-0.39, 0.29) is 0 Å². The lowest BCUT2D eigenvalue weighted by Crippen LogP contribution is -2.23. The summed E-state index contributed by atoms with van der Waals surface area (Å²) in [6, 6.07) is 10.5. The average Bonchev–Trinajstić information content (AvgIpc) is 2.74. The summed E-state index contributed by atoms with van der Waals surface area (Å²) in [4.78, 5) is 0. The first kappa shape index (κ1) is 9.60. The van der Waals surface area contributed by atoms with Crippen LogP contribution >= 0.6 is 0 Å². The first-order valence-electron chi connectivity index (χ1n) is 5.73. The standard InChI is InChI=1S/C13H15N3/c1-2-4-10(5-3-1)8-12-11-6-7-14-9-13(11)16-15-12/h1-5,14H,6-9H2,(H,15,16). The van der Waals surface area contributed by atoms with Crippen LogP contribution in [0.3, 0.4) is 0 Å². The molecule has 1 aromatic carbocycles. The molecule has 0 spiro atoms. The van der Waals surface area contributed by atoms with Crippen molar-refractivity contribution in [1.29, 1.82) is 0 Å². The molecule has 2 heterocycles. The predicted molar refractivity (Wildman–Crippen MR) is 63.2 cm³/mol. The summed E-state index contributed by atoms with van der Waals surface area (Å²) in [6.45, 7) is 1.99. The molecule has 3 heteroatoms. The zero-order valence-corrected chi connectivity index (χ0v) is 9.16. The van der Waals surface area contributed by atoms with Crippen molar-refractivity contribution in [3.8, 4) is 0 Å². The van der Waals surface area contributed by atoms with Crippen molar-refractivity contribution in [3.63, 3.8) is 0 Å². The minimum Gasteiger partial charge on any atom is -0.311 e. The molecule has 0 amide bonds. The van der Waals surface area contributed by atoms with Gasteiger partial charge in [-0.3, -0.25) is 5.10 Å². The van der Waals surface area contributed by atoms with Crippen molar-refractivity contribution in [3.05, 3.63) is 52.8 Å². The lowest BCUT2D eigenvalue weighted by atomic mass is 10.0. The van der Waals surface area contributed by atoms with Gasteiger partial charge in [-0.15, -0.1) is 0 Å². The van der Waals surface area contributed by atoms with Crippen LogP contribution in [0.2, 0.25) is 0 Å². The average molecular weight is 213 g/mol. The van der Waals surface area contributed by atoms with Crippen LogP contribution in [0, 0.1) is 0 Å². The van der Waals surface area contributed by atoms with E-state index in [0.717, 1.165) is 25.9 Å². The molecule has 0 unspecified atom stereocenters. The quantitative estimate of drug-likeness (QED) is 0.796. The fourth-order valence-corrected chi connectivity index (χ4v) is 2.25. The number of hydrogen-bond donors (Lipinski definition) is 2. The molecule has 0 saturated carbocycles. The summed E-state index contributed by atoms with van der Waals surface area (Å²) in [6.07, 6.45) is 2.03. The maximum absolute atomic E-state index is 4.43. The van der Waals surface area contributed by atoms with Gasteiger partial charge in [-0.1, -0.05) is 30.3 Å². The van der Waals surface area contributed by atoms with Gasteiger partial charge in [0.15, 0.2) is 0 Å². The summed E-state index contributed by atoms with van der Waals surface area (Å²) in [5.41, 5.74) is 5.22. The Bertz CT molecular complexity index is 473. The molecule has 3 nitrogen and oxygen atoms in total. The number of nitrogens with one attached hydrogen (secondary N) is 2. The topological polar surface area (TPSA) is 40.7 Å². The number of fused-ring (bicyclic) bond motifs is 1. The molecule has 82 valence electrons. The highest BCUT2D eigenvalue weighted by Gasteiger charge is 2.16. The Hall–Kier alpha value is -1.61. The monoisotopic (exact) mass is 213 g/mol. The Morgan fingerprint density at radius 1 is 1.19 bits per heavy atom. The predicted octanol–water partition coefficient (Wildman–Crippen LogP) is 1.65.